The molecule has 0 amide bonds. The van der Waals surface area contributed by atoms with Gasteiger partial charge < -0.3 is 4.74 Å². The highest BCUT2D eigenvalue weighted by Gasteiger charge is 2.25. The van der Waals surface area contributed by atoms with E-state index in [0.29, 0.717) is 13.2 Å². The van der Waals surface area contributed by atoms with Gasteiger partial charge in [-0.2, -0.15) is 5.10 Å². The first kappa shape index (κ1) is 16.4. The molecule has 0 bridgehead atoms. The lowest BCUT2D eigenvalue weighted by molar-refractivity contribution is -0.139. The van der Waals surface area contributed by atoms with E-state index >= 15 is 0 Å². The Bertz CT molecular complexity index is 850. The zero-order valence-electron chi connectivity index (χ0n) is 14.3. The number of benzene rings is 2. The summed E-state index contributed by atoms with van der Waals surface area (Å²) in [7, 11) is 0. The van der Waals surface area contributed by atoms with E-state index in [2.05, 4.69) is 18.2 Å². The molecule has 1 aromatic heterocycles. The van der Waals surface area contributed by atoms with E-state index in [1.165, 1.54) is 5.56 Å². The Morgan fingerprint density at radius 1 is 1.08 bits per heavy atom. The molecule has 3 aromatic rings. The van der Waals surface area contributed by atoms with Gasteiger partial charge >= 0.3 is 0 Å². The van der Waals surface area contributed by atoms with Crippen molar-refractivity contribution in [3.8, 4) is 0 Å². The number of rotatable bonds is 6. The maximum absolute atomic E-state index is 11.6. The molecule has 124 valence electrons. The van der Waals surface area contributed by atoms with Crippen LogP contribution in [0.4, 0.5) is 0 Å². The summed E-state index contributed by atoms with van der Waals surface area (Å²) < 4.78 is 7.81. The number of carbonyl (C=O) groups is 1. The van der Waals surface area contributed by atoms with Gasteiger partial charge in [-0.3, -0.25) is 9.48 Å². The van der Waals surface area contributed by atoms with Crippen molar-refractivity contribution in [2.75, 3.05) is 0 Å². The van der Waals surface area contributed by atoms with Crippen molar-refractivity contribution in [3.63, 3.8) is 0 Å². The van der Waals surface area contributed by atoms with Gasteiger partial charge in [0.15, 0.2) is 5.78 Å². The molecule has 0 saturated heterocycles. The number of ether oxygens (including phenoxy) is 1. The quantitative estimate of drug-likeness (QED) is 0.690. The summed E-state index contributed by atoms with van der Waals surface area (Å²) in [5.41, 5.74) is 2.32. The summed E-state index contributed by atoms with van der Waals surface area (Å²) in [5, 5.41) is 5.79. The highest BCUT2D eigenvalue weighted by molar-refractivity contribution is 5.84. The van der Waals surface area contributed by atoms with E-state index in [-0.39, 0.29) is 5.78 Å². The van der Waals surface area contributed by atoms with Gasteiger partial charge in [0.05, 0.1) is 24.4 Å². The molecule has 0 radical (unpaired) electrons. The van der Waals surface area contributed by atoms with E-state index in [0.717, 1.165) is 16.6 Å². The minimum atomic E-state index is -0.801. The third-order valence-corrected chi connectivity index (χ3v) is 4.33. The highest BCUT2D eigenvalue weighted by Crippen LogP contribution is 2.22. The predicted octanol–water partition coefficient (Wildman–Crippen LogP) is 3.97. The number of hydrogen-bond acceptors (Lipinski definition) is 3. The van der Waals surface area contributed by atoms with Crippen molar-refractivity contribution < 1.29 is 9.53 Å². The van der Waals surface area contributed by atoms with Crippen LogP contribution in [0.5, 0.6) is 0 Å². The molecular formula is C20H22N2O2. The number of carbonyl (C=O) groups excluding carboxylic acids is 1. The van der Waals surface area contributed by atoms with Crippen LogP contribution >= 0.6 is 0 Å². The number of ketones is 1. The van der Waals surface area contributed by atoms with Crippen molar-refractivity contribution in [1.29, 1.82) is 0 Å². The number of fused-ring (bicyclic) bond motifs is 1. The van der Waals surface area contributed by atoms with E-state index in [1.54, 1.807) is 20.8 Å². The first-order valence-corrected chi connectivity index (χ1v) is 8.11. The van der Waals surface area contributed by atoms with Gasteiger partial charge in [-0.15, -0.1) is 0 Å². The fourth-order valence-corrected chi connectivity index (χ4v) is 2.53. The Morgan fingerprint density at radius 3 is 2.46 bits per heavy atom. The molecule has 0 atom stereocenters. The maximum Gasteiger partial charge on any atom is 0.161 e. The molecule has 0 spiro atoms. The predicted molar refractivity (Wildman–Crippen MR) is 94.8 cm³/mol. The van der Waals surface area contributed by atoms with Crippen molar-refractivity contribution in [1.82, 2.24) is 9.78 Å². The second-order valence-corrected chi connectivity index (χ2v) is 6.46. The SMILES string of the molecule is CC(=O)C(C)(C)OCc1nn(Cc2ccccc2)c2ccccc12. The minimum Gasteiger partial charge on any atom is -0.361 e. The second-order valence-electron chi connectivity index (χ2n) is 6.46. The Balaban J connectivity index is 1.90. The molecule has 0 aliphatic rings. The van der Waals surface area contributed by atoms with E-state index in [1.807, 2.05) is 41.1 Å². The number of nitrogens with zero attached hydrogens (tertiary/aromatic N) is 2. The van der Waals surface area contributed by atoms with E-state index in [9.17, 15) is 4.79 Å². The van der Waals surface area contributed by atoms with Gasteiger partial charge in [-0.25, -0.2) is 0 Å². The summed E-state index contributed by atoms with van der Waals surface area (Å²) in [6.45, 7) is 6.15. The molecule has 0 N–H and O–H groups in total. The van der Waals surface area contributed by atoms with Crippen LogP contribution in [0.15, 0.2) is 54.6 Å². The number of aromatic nitrogens is 2. The molecule has 0 fully saturated rings. The van der Waals surface area contributed by atoms with Crippen molar-refractivity contribution in [3.05, 3.63) is 65.9 Å². The third-order valence-electron chi connectivity index (χ3n) is 4.33. The minimum absolute atomic E-state index is 0.00974. The third kappa shape index (κ3) is 3.39. The van der Waals surface area contributed by atoms with Gasteiger partial charge in [0.1, 0.15) is 5.60 Å². The molecule has 0 aliphatic carbocycles. The van der Waals surface area contributed by atoms with Crippen LogP contribution in [0.25, 0.3) is 10.9 Å². The number of para-hydroxylation sites is 1. The lowest BCUT2D eigenvalue weighted by atomic mass is 10.1. The zero-order valence-corrected chi connectivity index (χ0v) is 14.3. The van der Waals surface area contributed by atoms with Crippen LogP contribution < -0.4 is 0 Å². The Labute approximate surface area is 142 Å². The molecule has 3 rings (SSSR count). The van der Waals surface area contributed by atoms with Gasteiger partial charge in [-0.05, 0) is 32.4 Å². The fourth-order valence-electron chi connectivity index (χ4n) is 2.53. The van der Waals surface area contributed by atoms with Gasteiger partial charge in [0.25, 0.3) is 0 Å². The smallest absolute Gasteiger partial charge is 0.161 e. The Hall–Kier alpha value is -2.46. The molecule has 2 aromatic carbocycles. The molecule has 4 nitrogen and oxygen atoms in total. The Kier molecular flexibility index (Phi) is 4.49. The van der Waals surface area contributed by atoms with Crippen molar-refractivity contribution in [2.24, 2.45) is 0 Å². The molecule has 0 saturated carbocycles. The van der Waals surface area contributed by atoms with E-state index < -0.39 is 5.60 Å². The van der Waals surface area contributed by atoms with Crippen LogP contribution in [-0.4, -0.2) is 21.2 Å². The van der Waals surface area contributed by atoms with Gasteiger partial charge in [0, 0.05) is 5.39 Å². The molecule has 1 heterocycles. The largest absolute Gasteiger partial charge is 0.361 e. The van der Waals surface area contributed by atoms with Gasteiger partial charge in [-0.1, -0.05) is 48.5 Å². The molecular weight excluding hydrogens is 300 g/mol. The summed E-state index contributed by atoms with van der Waals surface area (Å²) in [4.78, 5) is 11.6. The van der Waals surface area contributed by atoms with Crippen LogP contribution in [-0.2, 0) is 22.7 Å². The average Bonchev–Trinajstić information content (AvgIpc) is 2.92. The van der Waals surface area contributed by atoms with Crippen molar-refractivity contribution in [2.45, 2.75) is 39.5 Å². The van der Waals surface area contributed by atoms with E-state index in [4.69, 9.17) is 9.84 Å². The second kappa shape index (κ2) is 6.57. The number of hydrogen-bond donors (Lipinski definition) is 0. The fraction of sp³-hybridized carbons (Fsp3) is 0.300. The molecule has 24 heavy (non-hydrogen) atoms. The monoisotopic (exact) mass is 322 g/mol. The summed E-state index contributed by atoms with van der Waals surface area (Å²) in [6.07, 6.45) is 0. The average molecular weight is 322 g/mol. The first-order chi connectivity index (χ1) is 11.5. The van der Waals surface area contributed by atoms with Gasteiger partial charge in [0.2, 0.25) is 0 Å². The summed E-state index contributed by atoms with van der Waals surface area (Å²) >= 11 is 0. The standard InChI is InChI=1S/C20H22N2O2/c1-15(23)20(2,3)24-14-18-17-11-7-8-12-19(17)22(21-18)13-16-9-5-4-6-10-16/h4-12H,13-14H2,1-3H3. The highest BCUT2D eigenvalue weighted by atomic mass is 16.5. The lowest BCUT2D eigenvalue weighted by Crippen LogP contribution is -2.32. The molecule has 0 unspecified atom stereocenters. The first-order valence-electron chi connectivity index (χ1n) is 8.11. The van der Waals surface area contributed by atoms with Crippen LogP contribution in [0, 0.1) is 0 Å². The zero-order chi connectivity index (χ0) is 17.2. The lowest BCUT2D eigenvalue weighted by Gasteiger charge is -2.21. The number of Topliss-reactive ketones (excluding diaryl/α,β-unsaturated/α-hetero) is 1. The summed E-state index contributed by atoms with van der Waals surface area (Å²) in [6, 6.07) is 18.4. The normalized spacial score (nSPS) is 11.8. The van der Waals surface area contributed by atoms with Crippen LogP contribution in [0.3, 0.4) is 0 Å². The van der Waals surface area contributed by atoms with Crippen molar-refractivity contribution >= 4 is 16.7 Å². The molecule has 4 heteroatoms. The Morgan fingerprint density at radius 2 is 1.75 bits per heavy atom. The summed E-state index contributed by atoms with van der Waals surface area (Å²) in [5.74, 6) is 0.00974. The molecule has 0 aliphatic heterocycles. The topological polar surface area (TPSA) is 44.1 Å². The maximum atomic E-state index is 11.6. The van der Waals surface area contributed by atoms with Crippen LogP contribution in [0.1, 0.15) is 32.0 Å². The van der Waals surface area contributed by atoms with Crippen LogP contribution in [0.2, 0.25) is 0 Å².